The van der Waals surface area contributed by atoms with Gasteiger partial charge in [-0.2, -0.15) is 0 Å². The predicted molar refractivity (Wildman–Crippen MR) is 71.0 cm³/mol. The molecule has 19 heavy (non-hydrogen) atoms. The molecule has 0 bridgehead atoms. The molecule has 2 rings (SSSR count). The Morgan fingerprint density at radius 2 is 1.95 bits per heavy atom. The van der Waals surface area contributed by atoms with E-state index in [0.717, 1.165) is 5.56 Å². The molecule has 0 aliphatic heterocycles. The van der Waals surface area contributed by atoms with Crippen LogP contribution in [0.15, 0.2) is 6.07 Å². The second-order valence-electron chi connectivity index (χ2n) is 5.85. The van der Waals surface area contributed by atoms with Crippen molar-refractivity contribution >= 4 is 5.78 Å². The SMILES string of the molecule is Cc1cc2c(c(C)c1C(O)CO)C(=O)C(C)(C)C2O. The quantitative estimate of drug-likeness (QED) is 0.758. The minimum atomic E-state index is -1.00. The number of carbonyl (C=O) groups is 1. The first-order valence-corrected chi connectivity index (χ1v) is 6.39. The molecule has 0 radical (unpaired) electrons. The smallest absolute Gasteiger partial charge is 0.172 e. The van der Waals surface area contributed by atoms with Gasteiger partial charge in [0, 0.05) is 5.56 Å². The Labute approximate surface area is 112 Å². The molecule has 2 unspecified atom stereocenters. The van der Waals surface area contributed by atoms with E-state index in [2.05, 4.69) is 0 Å². The lowest BCUT2D eigenvalue weighted by Crippen LogP contribution is -2.23. The van der Waals surface area contributed by atoms with Gasteiger partial charge < -0.3 is 15.3 Å². The fourth-order valence-electron chi connectivity index (χ4n) is 2.99. The molecule has 0 saturated carbocycles. The summed E-state index contributed by atoms with van der Waals surface area (Å²) in [7, 11) is 0. The van der Waals surface area contributed by atoms with Gasteiger partial charge in [0.15, 0.2) is 5.78 Å². The Morgan fingerprint density at radius 1 is 1.37 bits per heavy atom. The zero-order valence-corrected chi connectivity index (χ0v) is 11.7. The number of hydrogen-bond acceptors (Lipinski definition) is 4. The summed E-state index contributed by atoms with van der Waals surface area (Å²) in [5.41, 5.74) is 2.29. The van der Waals surface area contributed by atoms with Gasteiger partial charge in [0.1, 0.15) is 6.10 Å². The number of benzene rings is 1. The maximum atomic E-state index is 12.4. The highest BCUT2D eigenvalue weighted by Gasteiger charge is 2.47. The van der Waals surface area contributed by atoms with Crippen LogP contribution in [0.5, 0.6) is 0 Å². The van der Waals surface area contributed by atoms with Crippen LogP contribution in [0.3, 0.4) is 0 Å². The predicted octanol–water partition coefficient (Wildman–Crippen LogP) is 1.59. The maximum Gasteiger partial charge on any atom is 0.172 e. The van der Waals surface area contributed by atoms with E-state index in [-0.39, 0.29) is 12.4 Å². The van der Waals surface area contributed by atoms with Gasteiger partial charge >= 0.3 is 0 Å². The lowest BCUT2D eigenvalue weighted by Gasteiger charge is -2.20. The Hall–Kier alpha value is -1.23. The standard InChI is InChI=1S/C15H20O4/c1-7-5-9-12(8(2)11(7)10(17)6-16)14(19)15(3,4)13(9)18/h5,10,13,16-18H,6H2,1-4H3. The van der Waals surface area contributed by atoms with Crippen LogP contribution < -0.4 is 0 Å². The van der Waals surface area contributed by atoms with E-state index in [0.29, 0.717) is 22.3 Å². The lowest BCUT2D eigenvalue weighted by atomic mass is 9.86. The largest absolute Gasteiger partial charge is 0.393 e. The summed E-state index contributed by atoms with van der Waals surface area (Å²) in [6, 6.07) is 1.74. The summed E-state index contributed by atoms with van der Waals surface area (Å²) in [6.45, 7) is 6.62. The van der Waals surface area contributed by atoms with E-state index in [4.69, 9.17) is 5.11 Å². The maximum absolute atomic E-state index is 12.4. The van der Waals surface area contributed by atoms with E-state index in [9.17, 15) is 15.0 Å². The average molecular weight is 264 g/mol. The van der Waals surface area contributed by atoms with Crippen molar-refractivity contribution in [1.29, 1.82) is 0 Å². The summed E-state index contributed by atoms with van der Waals surface area (Å²) >= 11 is 0. The molecule has 1 aliphatic rings. The topological polar surface area (TPSA) is 77.8 Å². The first-order chi connectivity index (χ1) is 8.73. The molecule has 4 nitrogen and oxygen atoms in total. The van der Waals surface area contributed by atoms with Gasteiger partial charge in [-0.3, -0.25) is 4.79 Å². The van der Waals surface area contributed by atoms with Crippen molar-refractivity contribution in [1.82, 2.24) is 0 Å². The first-order valence-electron chi connectivity index (χ1n) is 6.39. The average Bonchev–Trinajstić information content (AvgIpc) is 2.51. The van der Waals surface area contributed by atoms with Gasteiger partial charge in [-0.1, -0.05) is 6.07 Å². The van der Waals surface area contributed by atoms with Crippen molar-refractivity contribution in [3.63, 3.8) is 0 Å². The van der Waals surface area contributed by atoms with Crippen LogP contribution in [0.25, 0.3) is 0 Å². The van der Waals surface area contributed by atoms with E-state index in [1.165, 1.54) is 0 Å². The highest BCUT2D eigenvalue weighted by atomic mass is 16.3. The molecule has 0 aromatic heterocycles. The van der Waals surface area contributed by atoms with Crippen LogP contribution in [0.4, 0.5) is 0 Å². The Kier molecular flexibility index (Phi) is 3.29. The molecule has 104 valence electrons. The molecule has 1 aromatic rings. The van der Waals surface area contributed by atoms with E-state index in [1.54, 1.807) is 26.8 Å². The summed E-state index contributed by atoms with van der Waals surface area (Å²) in [6.07, 6.45) is -1.83. The van der Waals surface area contributed by atoms with Gasteiger partial charge in [0.25, 0.3) is 0 Å². The zero-order valence-electron chi connectivity index (χ0n) is 11.7. The van der Waals surface area contributed by atoms with Crippen molar-refractivity contribution in [2.24, 2.45) is 5.41 Å². The molecule has 0 amide bonds. The number of fused-ring (bicyclic) bond motifs is 1. The molecule has 0 spiro atoms. The third-order valence-corrected chi connectivity index (χ3v) is 4.16. The summed E-state index contributed by atoms with van der Waals surface area (Å²) in [5, 5.41) is 29.3. The number of hydrogen-bond donors (Lipinski definition) is 3. The summed E-state index contributed by atoms with van der Waals surface area (Å²) in [4.78, 5) is 12.4. The minimum absolute atomic E-state index is 0.112. The Morgan fingerprint density at radius 3 is 2.47 bits per heavy atom. The van der Waals surface area contributed by atoms with Gasteiger partial charge in [-0.15, -0.1) is 0 Å². The monoisotopic (exact) mass is 264 g/mol. The van der Waals surface area contributed by atoms with Crippen molar-refractivity contribution in [2.45, 2.75) is 39.9 Å². The highest BCUT2D eigenvalue weighted by molar-refractivity contribution is 6.06. The number of rotatable bonds is 2. The van der Waals surface area contributed by atoms with Crippen molar-refractivity contribution < 1.29 is 20.1 Å². The van der Waals surface area contributed by atoms with E-state index >= 15 is 0 Å². The minimum Gasteiger partial charge on any atom is -0.393 e. The number of Topliss-reactive ketones (excluding diaryl/α,β-unsaturated/α-hetero) is 1. The van der Waals surface area contributed by atoms with Crippen LogP contribution in [-0.2, 0) is 0 Å². The number of aryl methyl sites for hydroxylation is 1. The van der Waals surface area contributed by atoms with Crippen molar-refractivity contribution in [3.05, 3.63) is 33.9 Å². The van der Waals surface area contributed by atoms with Gasteiger partial charge in [-0.25, -0.2) is 0 Å². The van der Waals surface area contributed by atoms with E-state index < -0.39 is 17.6 Å². The normalized spacial score (nSPS) is 22.5. The highest BCUT2D eigenvalue weighted by Crippen LogP contribution is 2.47. The van der Waals surface area contributed by atoms with Crippen molar-refractivity contribution in [2.75, 3.05) is 6.61 Å². The molecule has 3 N–H and O–H groups in total. The van der Waals surface area contributed by atoms with Crippen LogP contribution in [0.2, 0.25) is 0 Å². The number of aliphatic hydroxyl groups is 3. The zero-order chi connectivity index (χ0) is 14.5. The van der Waals surface area contributed by atoms with E-state index in [1.807, 2.05) is 6.92 Å². The first kappa shape index (κ1) is 14.2. The van der Waals surface area contributed by atoms with Crippen molar-refractivity contribution in [3.8, 4) is 0 Å². The second kappa shape index (κ2) is 4.40. The number of carbonyl (C=O) groups excluding carboxylic acids is 1. The molecule has 2 atom stereocenters. The molecule has 0 fully saturated rings. The lowest BCUT2D eigenvalue weighted by molar-refractivity contribution is 0.0491. The fraction of sp³-hybridized carbons (Fsp3) is 0.533. The molecule has 1 aliphatic carbocycles. The molecule has 0 heterocycles. The van der Waals surface area contributed by atoms with Gasteiger partial charge in [0.2, 0.25) is 0 Å². The van der Waals surface area contributed by atoms with Crippen LogP contribution in [0.1, 0.15) is 58.7 Å². The summed E-state index contributed by atoms with van der Waals surface area (Å²) < 4.78 is 0. The van der Waals surface area contributed by atoms with Crippen LogP contribution in [-0.4, -0.2) is 27.7 Å². The molecular weight excluding hydrogens is 244 g/mol. The third kappa shape index (κ3) is 1.83. The number of aliphatic hydroxyl groups excluding tert-OH is 3. The molecule has 4 heteroatoms. The van der Waals surface area contributed by atoms with Gasteiger partial charge in [0.05, 0.1) is 18.1 Å². The second-order valence-corrected chi connectivity index (χ2v) is 5.85. The van der Waals surface area contributed by atoms with Crippen LogP contribution >= 0.6 is 0 Å². The molecular formula is C15H20O4. The Balaban J connectivity index is 2.73. The Bertz CT molecular complexity index is 546. The van der Waals surface area contributed by atoms with Gasteiger partial charge in [-0.05, 0) is 49.9 Å². The molecule has 1 aromatic carbocycles. The van der Waals surface area contributed by atoms with Crippen LogP contribution in [0, 0.1) is 19.3 Å². The fourth-order valence-corrected chi connectivity index (χ4v) is 2.99. The molecule has 0 saturated heterocycles. The summed E-state index contributed by atoms with van der Waals surface area (Å²) in [5.74, 6) is -0.112. The number of ketones is 1. The third-order valence-electron chi connectivity index (χ3n) is 4.16.